The van der Waals surface area contributed by atoms with Gasteiger partial charge in [-0.2, -0.15) is 0 Å². The summed E-state index contributed by atoms with van der Waals surface area (Å²) in [6.45, 7) is 4.63. The number of allylic oxidation sites excluding steroid dienone is 3. The van der Waals surface area contributed by atoms with Gasteiger partial charge in [-0.25, -0.2) is 0 Å². The third kappa shape index (κ3) is 1.84. The van der Waals surface area contributed by atoms with Gasteiger partial charge in [0.15, 0.2) is 5.78 Å². The van der Waals surface area contributed by atoms with Crippen LogP contribution < -0.4 is 0 Å². The Morgan fingerprint density at radius 2 is 2.05 bits per heavy atom. The molecule has 5 atom stereocenters. The summed E-state index contributed by atoms with van der Waals surface area (Å²) in [5.74, 6) is 2.24. The summed E-state index contributed by atoms with van der Waals surface area (Å²) in [4.78, 5) is 11.8. The normalized spacial score (nSPS) is 45.9. The summed E-state index contributed by atoms with van der Waals surface area (Å²) >= 11 is 0. The van der Waals surface area contributed by atoms with Crippen molar-refractivity contribution in [3.63, 3.8) is 0 Å². The van der Waals surface area contributed by atoms with Crippen LogP contribution in [0.3, 0.4) is 0 Å². The van der Waals surface area contributed by atoms with Crippen LogP contribution in [0.15, 0.2) is 22.8 Å². The van der Waals surface area contributed by atoms with Crippen molar-refractivity contribution in [2.45, 2.75) is 64.9 Å². The number of hydrogen-bond donors (Lipinski definition) is 1. The molecule has 0 aromatic carbocycles. The second-order valence-corrected chi connectivity index (χ2v) is 7.99. The highest BCUT2D eigenvalue weighted by Gasteiger charge is 2.54. The molecule has 0 heterocycles. The molecule has 0 unspecified atom stereocenters. The van der Waals surface area contributed by atoms with Crippen molar-refractivity contribution in [2.75, 3.05) is 0 Å². The van der Waals surface area contributed by atoms with Crippen LogP contribution in [0.25, 0.3) is 0 Å². The van der Waals surface area contributed by atoms with Crippen LogP contribution in [-0.4, -0.2) is 17.0 Å². The van der Waals surface area contributed by atoms with Gasteiger partial charge in [0.2, 0.25) is 0 Å². The fraction of sp³-hybridized carbons (Fsp3) is 0.737. The average Bonchev–Trinajstić information content (AvgIpc) is 2.83. The third-order valence-electron chi connectivity index (χ3n) is 7.12. The van der Waals surface area contributed by atoms with Crippen molar-refractivity contribution in [3.8, 4) is 0 Å². The van der Waals surface area contributed by atoms with Crippen molar-refractivity contribution in [1.29, 1.82) is 0 Å². The molecule has 0 spiro atoms. The van der Waals surface area contributed by atoms with E-state index in [9.17, 15) is 9.90 Å². The van der Waals surface area contributed by atoms with E-state index in [1.54, 1.807) is 17.2 Å². The van der Waals surface area contributed by atoms with Gasteiger partial charge >= 0.3 is 0 Å². The van der Waals surface area contributed by atoms with Gasteiger partial charge < -0.3 is 5.11 Å². The van der Waals surface area contributed by atoms with Gasteiger partial charge in [0.05, 0.1) is 6.10 Å². The van der Waals surface area contributed by atoms with Gasteiger partial charge in [0.1, 0.15) is 0 Å². The summed E-state index contributed by atoms with van der Waals surface area (Å²) in [5.41, 5.74) is 4.46. The molecule has 0 amide bonds. The topological polar surface area (TPSA) is 37.3 Å². The summed E-state index contributed by atoms with van der Waals surface area (Å²) in [6.07, 6.45) is 8.95. The molecular formula is C19H26O2. The van der Waals surface area contributed by atoms with E-state index in [0.29, 0.717) is 18.3 Å². The largest absolute Gasteiger partial charge is 0.389 e. The molecule has 0 radical (unpaired) electrons. The smallest absolute Gasteiger partial charge is 0.155 e. The number of carbonyl (C=O) groups is 1. The molecule has 0 saturated heterocycles. The maximum atomic E-state index is 11.8. The van der Waals surface area contributed by atoms with Crippen LogP contribution in [0.2, 0.25) is 0 Å². The zero-order chi connectivity index (χ0) is 14.8. The van der Waals surface area contributed by atoms with Crippen molar-refractivity contribution in [1.82, 2.24) is 0 Å². The molecule has 21 heavy (non-hydrogen) atoms. The monoisotopic (exact) mass is 286 g/mol. The highest BCUT2D eigenvalue weighted by molar-refractivity contribution is 5.91. The van der Waals surface area contributed by atoms with Gasteiger partial charge in [-0.05, 0) is 80.3 Å². The fourth-order valence-corrected chi connectivity index (χ4v) is 6.02. The lowest BCUT2D eigenvalue weighted by Gasteiger charge is -2.55. The zero-order valence-corrected chi connectivity index (χ0v) is 13.2. The Balaban J connectivity index is 1.74. The SMILES string of the molecule is CC1=C2CC[C@H]3[C@@H](C[C@@H](O)C4=CC(=O)CC[C@@]43C)[C@@H]2CC1. The average molecular weight is 286 g/mol. The standard InChI is InChI=1S/C19H26O2/c1-11-3-4-14-13(11)5-6-16-15(14)10-18(21)17-9-12(20)7-8-19(16,17)2/h9,14-16,18,21H,3-8,10H2,1-2H3/t14-,15+,16+,18-,19-/m1/s1. The Bertz CT molecular complexity index is 556. The Morgan fingerprint density at radius 1 is 1.24 bits per heavy atom. The first-order chi connectivity index (χ1) is 10.0. The van der Waals surface area contributed by atoms with Crippen LogP contribution >= 0.6 is 0 Å². The number of ketones is 1. The predicted molar refractivity (Wildman–Crippen MR) is 82.7 cm³/mol. The molecule has 0 aromatic rings. The van der Waals surface area contributed by atoms with Crippen molar-refractivity contribution >= 4 is 5.78 Å². The number of hydrogen-bond acceptors (Lipinski definition) is 2. The molecule has 4 aliphatic carbocycles. The lowest BCUT2D eigenvalue weighted by molar-refractivity contribution is -0.117. The Labute approximate surface area is 127 Å². The van der Waals surface area contributed by atoms with Gasteiger partial charge in [-0.15, -0.1) is 0 Å². The quantitative estimate of drug-likeness (QED) is 0.688. The number of carbonyl (C=O) groups excluding carboxylic acids is 1. The molecular weight excluding hydrogens is 260 g/mol. The molecule has 4 rings (SSSR count). The highest BCUT2D eigenvalue weighted by atomic mass is 16.3. The van der Waals surface area contributed by atoms with E-state index in [1.807, 2.05) is 0 Å². The van der Waals surface area contributed by atoms with Gasteiger partial charge in [0.25, 0.3) is 0 Å². The van der Waals surface area contributed by atoms with E-state index in [-0.39, 0.29) is 17.3 Å². The van der Waals surface area contributed by atoms with Crippen LogP contribution in [0.4, 0.5) is 0 Å². The molecule has 0 aliphatic heterocycles. The molecule has 2 saturated carbocycles. The minimum absolute atomic E-state index is 0.0677. The van der Waals surface area contributed by atoms with E-state index < -0.39 is 0 Å². The molecule has 2 heteroatoms. The fourth-order valence-electron chi connectivity index (χ4n) is 6.02. The predicted octanol–water partition coefficient (Wildman–Crippen LogP) is 3.80. The van der Waals surface area contributed by atoms with Crippen LogP contribution in [0, 0.1) is 23.2 Å². The summed E-state index contributed by atoms with van der Waals surface area (Å²) < 4.78 is 0. The molecule has 114 valence electrons. The second kappa shape index (κ2) is 4.55. The minimum atomic E-state index is -0.388. The molecule has 0 aromatic heterocycles. The van der Waals surface area contributed by atoms with Gasteiger partial charge in [-0.1, -0.05) is 18.1 Å². The maximum Gasteiger partial charge on any atom is 0.155 e. The van der Waals surface area contributed by atoms with E-state index in [4.69, 9.17) is 0 Å². The number of aliphatic hydroxyl groups excluding tert-OH is 1. The lowest BCUT2D eigenvalue weighted by atomic mass is 9.50. The van der Waals surface area contributed by atoms with E-state index in [0.717, 1.165) is 24.3 Å². The number of rotatable bonds is 0. The van der Waals surface area contributed by atoms with E-state index in [2.05, 4.69) is 13.8 Å². The van der Waals surface area contributed by atoms with Crippen molar-refractivity contribution in [2.24, 2.45) is 23.2 Å². The summed E-state index contributed by atoms with van der Waals surface area (Å²) in [6, 6.07) is 0. The van der Waals surface area contributed by atoms with Crippen LogP contribution in [-0.2, 0) is 4.79 Å². The Morgan fingerprint density at radius 3 is 2.86 bits per heavy atom. The van der Waals surface area contributed by atoms with Gasteiger partial charge in [-0.3, -0.25) is 4.79 Å². The second-order valence-electron chi connectivity index (χ2n) is 7.99. The van der Waals surface area contributed by atoms with E-state index >= 15 is 0 Å². The maximum absolute atomic E-state index is 11.8. The first kappa shape index (κ1) is 13.8. The molecule has 4 aliphatic rings. The first-order valence-electron chi connectivity index (χ1n) is 8.62. The third-order valence-corrected chi connectivity index (χ3v) is 7.12. The van der Waals surface area contributed by atoms with Crippen LogP contribution in [0.5, 0.6) is 0 Å². The number of fused-ring (bicyclic) bond motifs is 5. The van der Waals surface area contributed by atoms with Crippen molar-refractivity contribution in [3.05, 3.63) is 22.8 Å². The van der Waals surface area contributed by atoms with E-state index in [1.165, 1.54) is 25.7 Å². The minimum Gasteiger partial charge on any atom is -0.389 e. The Hall–Kier alpha value is -0.890. The summed E-state index contributed by atoms with van der Waals surface area (Å²) in [7, 11) is 0. The van der Waals surface area contributed by atoms with Crippen molar-refractivity contribution < 1.29 is 9.90 Å². The lowest BCUT2D eigenvalue weighted by Crippen LogP contribution is -2.50. The highest BCUT2D eigenvalue weighted by Crippen LogP contribution is 2.61. The first-order valence-corrected chi connectivity index (χ1v) is 8.62. The van der Waals surface area contributed by atoms with Crippen LogP contribution in [0.1, 0.15) is 58.8 Å². The Kier molecular flexibility index (Phi) is 2.98. The molecule has 2 fully saturated rings. The van der Waals surface area contributed by atoms with Gasteiger partial charge in [0, 0.05) is 6.42 Å². The molecule has 0 bridgehead atoms. The zero-order valence-electron chi connectivity index (χ0n) is 13.2. The number of aliphatic hydroxyl groups is 1. The molecule has 1 N–H and O–H groups in total. The molecule has 2 nitrogen and oxygen atoms in total. The summed E-state index contributed by atoms with van der Waals surface area (Å²) in [5, 5.41) is 10.7.